The Morgan fingerprint density at radius 3 is 2.29 bits per heavy atom. The largest absolute Gasteiger partial charge is 0.370 e. The van der Waals surface area contributed by atoms with Crippen molar-refractivity contribution in [3.8, 4) is 0 Å². The summed E-state index contributed by atoms with van der Waals surface area (Å²) in [4.78, 5) is 11.2. The molecule has 1 amide bonds. The van der Waals surface area contributed by atoms with Crippen LogP contribution in [0.15, 0.2) is 12.7 Å². The second-order valence-corrected chi connectivity index (χ2v) is 5.02. The van der Waals surface area contributed by atoms with Gasteiger partial charge >= 0.3 is 0 Å². The number of rotatable bonds is 4. The van der Waals surface area contributed by atoms with E-state index < -0.39 is 5.79 Å². The molecular weight excluding hydrogens is 218 g/mol. The van der Waals surface area contributed by atoms with E-state index in [0.29, 0.717) is 19.6 Å². The van der Waals surface area contributed by atoms with E-state index in [4.69, 9.17) is 15.2 Å². The molecule has 2 aliphatic rings. The van der Waals surface area contributed by atoms with E-state index in [1.54, 1.807) is 6.08 Å². The predicted octanol–water partition coefficient (Wildman–Crippen LogP) is 1.56. The number of primary amides is 1. The monoisotopic (exact) mass is 238 g/mol. The number of ether oxygens (including phenoxy) is 2. The fourth-order valence-electron chi connectivity index (χ4n) is 2.91. The van der Waals surface area contributed by atoms with Gasteiger partial charge in [-0.1, -0.05) is 6.08 Å². The molecule has 1 radical (unpaired) electrons. The van der Waals surface area contributed by atoms with Gasteiger partial charge < -0.3 is 15.2 Å². The molecule has 1 saturated carbocycles. The van der Waals surface area contributed by atoms with Gasteiger partial charge in [0, 0.05) is 19.3 Å². The van der Waals surface area contributed by atoms with E-state index in [-0.39, 0.29) is 11.3 Å². The molecule has 0 aromatic heterocycles. The minimum atomic E-state index is -0.393. The fraction of sp³-hybridized carbons (Fsp3) is 0.692. The minimum absolute atomic E-state index is 0.145. The highest BCUT2D eigenvalue weighted by atomic mass is 16.7. The molecule has 17 heavy (non-hydrogen) atoms. The van der Waals surface area contributed by atoms with Gasteiger partial charge in [0.15, 0.2) is 5.79 Å². The second-order valence-electron chi connectivity index (χ2n) is 5.02. The Morgan fingerprint density at radius 2 is 1.82 bits per heavy atom. The first-order chi connectivity index (χ1) is 8.10. The van der Waals surface area contributed by atoms with Gasteiger partial charge in [0.1, 0.15) is 0 Å². The summed E-state index contributed by atoms with van der Waals surface area (Å²) in [5, 5.41) is 0. The Kier molecular flexibility index (Phi) is 3.54. The van der Waals surface area contributed by atoms with Gasteiger partial charge in [-0.2, -0.15) is 0 Å². The van der Waals surface area contributed by atoms with Crippen LogP contribution in [0.1, 0.15) is 32.1 Å². The first kappa shape index (κ1) is 12.6. The first-order valence-electron chi connectivity index (χ1n) is 6.13. The summed E-state index contributed by atoms with van der Waals surface area (Å²) < 4.78 is 11.4. The molecule has 1 aliphatic heterocycles. The number of allylic oxidation sites excluding steroid dienone is 1. The topological polar surface area (TPSA) is 61.6 Å². The number of hydrogen-bond acceptors (Lipinski definition) is 3. The number of hydrogen-bond donors (Lipinski definition) is 1. The number of carbonyl (C=O) groups excluding carboxylic acids is 1. The molecule has 4 nitrogen and oxygen atoms in total. The quantitative estimate of drug-likeness (QED) is 0.808. The summed E-state index contributed by atoms with van der Waals surface area (Å²) in [7, 11) is 0. The van der Waals surface area contributed by atoms with E-state index in [9.17, 15) is 4.79 Å². The average Bonchev–Trinajstić information content (AvgIpc) is 2.72. The second kappa shape index (κ2) is 4.78. The summed E-state index contributed by atoms with van der Waals surface area (Å²) in [5.41, 5.74) is 5.18. The van der Waals surface area contributed by atoms with E-state index in [1.165, 1.54) is 0 Å². The fourth-order valence-corrected chi connectivity index (χ4v) is 2.91. The molecule has 1 aliphatic carbocycles. The molecule has 0 unspecified atom stereocenters. The van der Waals surface area contributed by atoms with Crippen molar-refractivity contribution in [3.05, 3.63) is 19.1 Å². The van der Waals surface area contributed by atoms with Crippen molar-refractivity contribution in [1.29, 1.82) is 0 Å². The summed E-state index contributed by atoms with van der Waals surface area (Å²) in [6.07, 6.45) is 7.53. The van der Waals surface area contributed by atoms with E-state index in [0.717, 1.165) is 25.7 Å². The van der Waals surface area contributed by atoms with Crippen molar-refractivity contribution in [2.45, 2.75) is 37.9 Å². The van der Waals surface area contributed by atoms with Crippen LogP contribution >= 0.6 is 0 Å². The summed E-state index contributed by atoms with van der Waals surface area (Å²) >= 11 is 0. The van der Waals surface area contributed by atoms with Gasteiger partial charge in [0.05, 0.1) is 13.2 Å². The maximum Gasteiger partial charge on any atom is 0.217 e. The summed E-state index contributed by atoms with van der Waals surface area (Å²) in [6.45, 7) is 5.08. The van der Waals surface area contributed by atoms with Gasteiger partial charge in [-0.25, -0.2) is 0 Å². The van der Waals surface area contributed by atoms with Gasteiger partial charge in [0.2, 0.25) is 5.91 Å². The zero-order valence-electron chi connectivity index (χ0n) is 10.1. The lowest BCUT2D eigenvalue weighted by Gasteiger charge is -2.42. The van der Waals surface area contributed by atoms with Gasteiger partial charge in [-0.15, -0.1) is 6.58 Å². The maximum atomic E-state index is 11.2. The smallest absolute Gasteiger partial charge is 0.217 e. The third-order valence-corrected chi connectivity index (χ3v) is 3.82. The van der Waals surface area contributed by atoms with Gasteiger partial charge in [-0.05, 0) is 24.7 Å². The number of amides is 1. The Morgan fingerprint density at radius 1 is 1.24 bits per heavy atom. The molecule has 2 fully saturated rings. The first-order valence-corrected chi connectivity index (χ1v) is 6.13. The van der Waals surface area contributed by atoms with Gasteiger partial charge in [-0.3, -0.25) is 4.79 Å². The van der Waals surface area contributed by atoms with Crippen molar-refractivity contribution in [1.82, 2.24) is 0 Å². The lowest BCUT2D eigenvalue weighted by atomic mass is 9.68. The Balaban J connectivity index is 2.01. The predicted molar refractivity (Wildman–Crippen MR) is 63.8 cm³/mol. The third kappa shape index (κ3) is 2.69. The van der Waals surface area contributed by atoms with Crippen LogP contribution in [0.2, 0.25) is 0 Å². The van der Waals surface area contributed by atoms with Crippen LogP contribution in [0.5, 0.6) is 0 Å². The van der Waals surface area contributed by atoms with Crippen LogP contribution < -0.4 is 5.73 Å². The standard InChI is InChI=1S/C13H20NO3/c1-2-3-12(10-11(14)15)4-6-13(7-5-12)16-8-9-17-13/h2-3H,1,4-10H2,(H2,14,15). The molecule has 4 heteroatoms. The van der Waals surface area contributed by atoms with Crippen LogP contribution in [-0.2, 0) is 14.3 Å². The van der Waals surface area contributed by atoms with Crippen molar-refractivity contribution in [3.63, 3.8) is 0 Å². The highest BCUT2D eigenvalue weighted by molar-refractivity contribution is 5.74. The molecule has 0 aromatic rings. The van der Waals surface area contributed by atoms with Crippen molar-refractivity contribution in [2.75, 3.05) is 13.2 Å². The Hall–Kier alpha value is -0.870. The molecule has 1 heterocycles. The summed E-state index contributed by atoms with van der Waals surface area (Å²) in [5.74, 6) is -0.650. The molecule has 1 saturated heterocycles. The van der Waals surface area contributed by atoms with Gasteiger partial charge in [0.25, 0.3) is 0 Å². The molecule has 0 atom stereocenters. The Bertz CT molecular complexity index is 298. The normalized spacial score (nSPS) is 25.9. The van der Waals surface area contributed by atoms with E-state index >= 15 is 0 Å². The zero-order chi connectivity index (χ0) is 12.4. The summed E-state index contributed by atoms with van der Waals surface area (Å²) in [6, 6.07) is 0. The molecule has 0 aromatic carbocycles. The average molecular weight is 238 g/mol. The molecule has 0 bridgehead atoms. The van der Waals surface area contributed by atoms with Crippen LogP contribution in [0.3, 0.4) is 0 Å². The molecule has 1 spiro atoms. The highest BCUT2D eigenvalue weighted by Gasteiger charge is 2.46. The van der Waals surface area contributed by atoms with E-state index in [2.05, 4.69) is 6.58 Å². The SMILES string of the molecule is C=C[CH]C1(CC(N)=O)CCC2(CC1)OCCO2. The zero-order valence-corrected chi connectivity index (χ0v) is 10.1. The number of carbonyl (C=O) groups is 1. The van der Waals surface area contributed by atoms with Crippen molar-refractivity contribution < 1.29 is 14.3 Å². The lowest BCUT2D eigenvalue weighted by Crippen LogP contribution is -2.41. The molecular formula is C13H20NO3. The van der Waals surface area contributed by atoms with Crippen molar-refractivity contribution >= 4 is 5.91 Å². The third-order valence-electron chi connectivity index (χ3n) is 3.82. The number of nitrogens with two attached hydrogens (primary N) is 1. The van der Waals surface area contributed by atoms with Crippen molar-refractivity contribution in [2.24, 2.45) is 11.1 Å². The molecule has 2 rings (SSSR count). The van der Waals surface area contributed by atoms with Crippen LogP contribution in [-0.4, -0.2) is 24.9 Å². The van der Waals surface area contributed by atoms with Crippen LogP contribution in [0, 0.1) is 11.8 Å². The van der Waals surface area contributed by atoms with Crippen LogP contribution in [0.25, 0.3) is 0 Å². The molecule has 95 valence electrons. The van der Waals surface area contributed by atoms with Crippen LogP contribution in [0.4, 0.5) is 0 Å². The maximum absolute atomic E-state index is 11.2. The lowest BCUT2D eigenvalue weighted by molar-refractivity contribution is -0.189. The minimum Gasteiger partial charge on any atom is -0.370 e. The highest BCUT2D eigenvalue weighted by Crippen LogP contribution is 2.48. The Labute approximate surface area is 102 Å². The molecule has 2 N–H and O–H groups in total. The van der Waals surface area contributed by atoms with E-state index in [1.807, 2.05) is 6.42 Å².